The van der Waals surface area contributed by atoms with Crippen molar-refractivity contribution in [2.75, 3.05) is 17.7 Å². The van der Waals surface area contributed by atoms with E-state index in [1.165, 1.54) is 28.7 Å². The third-order valence-corrected chi connectivity index (χ3v) is 6.34. The standard InChI is InChI=1S/C21H27NO3S2/c1-7-25-20(24)18-13(2)14(3)27-19(18)22-17(23)12-26-16-10-8-15(9-11-16)21(4,5)6/h8-11H,7,12H2,1-6H3,(H,22,23). The van der Waals surface area contributed by atoms with Crippen LogP contribution in [0.4, 0.5) is 5.00 Å². The summed E-state index contributed by atoms with van der Waals surface area (Å²) in [5.74, 6) is -0.237. The van der Waals surface area contributed by atoms with E-state index in [2.05, 4.69) is 38.2 Å². The van der Waals surface area contributed by atoms with Crippen LogP contribution in [0.1, 0.15) is 54.1 Å². The van der Waals surface area contributed by atoms with E-state index in [1.54, 1.807) is 6.92 Å². The lowest BCUT2D eigenvalue weighted by Gasteiger charge is -2.19. The third-order valence-electron chi connectivity index (χ3n) is 4.21. The number of amides is 1. The number of rotatable bonds is 6. The molecule has 0 unspecified atom stereocenters. The van der Waals surface area contributed by atoms with Crippen molar-refractivity contribution in [3.8, 4) is 0 Å². The third kappa shape index (κ3) is 5.59. The van der Waals surface area contributed by atoms with Gasteiger partial charge in [0.15, 0.2) is 0 Å². The number of hydrogen-bond donors (Lipinski definition) is 1. The van der Waals surface area contributed by atoms with Crippen molar-refractivity contribution in [1.82, 2.24) is 0 Å². The van der Waals surface area contributed by atoms with Crippen molar-refractivity contribution in [2.24, 2.45) is 0 Å². The van der Waals surface area contributed by atoms with Gasteiger partial charge in [0.05, 0.1) is 17.9 Å². The molecule has 1 amide bonds. The number of carbonyl (C=O) groups excluding carboxylic acids is 2. The van der Waals surface area contributed by atoms with Gasteiger partial charge < -0.3 is 10.1 Å². The van der Waals surface area contributed by atoms with Crippen molar-refractivity contribution in [3.05, 3.63) is 45.8 Å². The molecule has 0 aliphatic carbocycles. The number of ether oxygens (including phenoxy) is 1. The fraction of sp³-hybridized carbons (Fsp3) is 0.429. The lowest BCUT2D eigenvalue weighted by molar-refractivity contribution is -0.113. The first-order valence-corrected chi connectivity index (χ1v) is 10.7. The first-order valence-electron chi connectivity index (χ1n) is 8.93. The van der Waals surface area contributed by atoms with E-state index in [4.69, 9.17) is 4.74 Å². The van der Waals surface area contributed by atoms with Crippen molar-refractivity contribution in [2.45, 2.75) is 51.9 Å². The molecular formula is C21H27NO3S2. The average Bonchev–Trinajstić information content (AvgIpc) is 2.86. The average molecular weight is 406 g/mol. The van der Waals surface area contributed by atoms with Crippen LogP contribution in [-0.4, -0.2) is 24.2 Å². The van der Waals surface area contributed by atoms with Gasteiger partial charge in [0.1, 0.15) is 5.00 Å². The Hall–Kier alpha value is -1.79. The highest BCUT2D eigenvalue weighted by Gasteiger charge is 2.22. The number of benzene rings is 1. The number of nitrogens with one attached hydrogen (secondary N) is 1. The van der Waals surface area contributed by atoms with Crippen LogP contribution in [0, 0.1) is 13.8 Å². The minimum absolute atomic E-state index is 0.110. The van der Waals surface area contributed by atoms with E-state index in [1.807, 2.05) is 26.0 Å². The highest BCUT2D eigenvalue weighted by molar-refractivity contribution is 8.00. The summed E-state index contributed by atoms with van der Waals surface area (Å²) in [4.78, 5) is 26.6. The van der Waals surface area contributed by atoms with Crippen LogP contribution in [-0.2, 0) is 14.9 Å². The molecule has 0 saturated carbocycles. The molecule has 27 heavy (non-hydrogen) atoms. The van der Waals surface area contributed by atoms with Crippen LogP contribution < -0.4 is 5.32 Å². The zero-order valence-corrected chi connectivity index (χ0v) is 18.4. The molecule has 6 heteroatoms. The topological polar surface area (TPSA) is 55.4 Å². The lowest BCUT2D eigenvalue weighted by Crippen LogP contribution is -2.16. The molecule has 2 rings (SSSR count). The van der Waals surface area contributed by atoms with Crippen LogP contribution in [0.3, 0.4) is 0 Å². The van der Waals surface area contributed by atoms with E-state index in [9.17, 15) is 9.59 Å². The van der Waals surface area contributed by atoms with Crippen molar-refractivity contribution >= 4 is 40.0 Å². The molecule has 0 aliphatic heterocycles. The van der Waals surface area contributed by atoms with Gasteiger partial charge in [-0.15, -0.1) is 23.1 Å². The van der Waals surface area contributed by atoms with Gasteiger partial charge in [-0.25, -0.2) is 4.79 Å². The number of thioether (sulfide) groups is 1. The second kappa shape index (κ2) is 8.93. The van der Waals surface area contributed by atoms with Crippen LogP contribution in [0.15, 0.2) is 29.2 Å². The molecule has 146 valence electrons. The molecular weight excluding hydrogens is 378 g/mol. The summed E-state index contributed by atoms with van der Waals surface area (Å²) in [6.07, 6.45) is 0. The quantitative estimate of drug-likeness (QED) is 0.504. The Morgan fingerprint density at radius 2 is 1.78 bits per heavy atom. The summed E-state index contributed by atoms with van der Waals surface area (Å²) in [6.45, 7) is 12.4. The first-order chi connectivity index (χ1) is 12.6. The summed E-state index contributed by atoms with van der Waals surface area (Å²) < 4.78 is 5.12. The maximum absolute atomic E-state index is 12.4. The van der Waals surface area contributed by atoms with Gasteiger partial charge in [-0.1, -0.05) is 32.9 Å². The smallest absolute Gasteiger partial charge is 0.341 e. The first kappa shape index (κ1) is 21.5. The Bertz CT molecular complexity index is 817. The van der Waals surface area contributed by atoms with Crippen molar-refractivity contribution in [1.29, 1.82) is 0 Å². The molecule has 0 radical (unpaired) electrons. The van der Waals surface area contributed by atoms with Gasteiger partial charge in [0.25, 0.3) is 0 Å². The predicted octanol–water partition coefficient (Wildman–Crippen LogP) is 5.57. The number of carbonyl (C=O) groups is 2. The number of esters is 1. The highest BCUT2D eigenvalue weighted by Crippen LogP contribution is 2.33. The second-order valence-electron chi connectivity index (χ2n) is 7.32. The number of hydrogen-bond acceptors (Lipinski definition) is 5. The molecule has 0 fully saturated rings. The fourth-order valence-electron chi connectivity index (χ4n) is 2.53. The summed E-state index contributed by atoms with van der Waals surface area (Å²) in [7, 11) is 0. The molecule has 0 bridgehead atoms. The van der Waals surface area contributed by atoms with Crippen LogP contribution in [0.5, 0.6) is 0 Å². The monoisotopic (exact) mass is 405 g/mol. The molecule has 0 aliphatic rings. The largest absolute Gasteiger partial charge is 0.462 e. The summed E-state index contributed by atoms with van der Waals surface area (Å²) >= 11 is 2.89. The molecule has 1 aromatic heterocycles. The Kier molecular flexibility index (Phi) is 7.12. The van der Waals surface area contributed by atoms with Gasteiger partial charge >= 0.3 is 5.97 Å². The number of thiophene rings is 1. The van der Waals surface area contributed by atoms with E-state index in [0.29, 0.717) is 17.2 Å². The molecule has 2 aromatic rings. The van der Waals surface area contributed by atoms with Crippen molar-refractivity contribution in [3.63, 3.8) is 0 Å². The van der Waals surface area contributed by atoms with Crippen LogP contribution in [0.2, 0.25) is 0 Å². The van der Waals surface area contributed by atoms with Gasteiger partial charge in [0, 0.05) is 9.77 Å². The van der Waals surface area contributed by atoms with Gasteiger partial charge in [-0.2, -0.15) is 0 Å². The van der Waals surface area contributed by atoms with E-state index in [-0.39, 0.29) is 23.0 Å². The number of anilines is 1. The molecule has 1 aromatic carbocycles. The normalized spacial score (nSPS) is 11.3. The maximum atomic E-state index is 12.4. The SMILES string of the molecule is CCOC(=O)c1c(NC(=O)CSc2ccc(C(C)(C)C)cc2)sc(C)c1C. The summed E-state index contributed by atoms with van der Waals surface area (Å²) in [5, 5.41) is 3.44. The Balaban J connectivity index is 2.02. The molecule has 0 spiro atoms. The Morgan fingerprint density at radius 1 is 1.15 bits per heavy atom. The highest BCUT2D eigenvalue weighted by atomic mass is 32.2. The van der Waals surface area contributed by atoms with E-state index in [0.717, 1.165) is 15.3 Å². The second-order valence-corrected chi connectivity index (χ2v) is 9.59. The maximum Gasteiger partial charge on any atom is 0.341 e. The van der Waals surface area contributed by atoms with Crippen LogP contribution >= 0.6 is 23.1 Å². The Morgan fingerprint density at radius 3 is 2.33 bits per heavy atom. The van der Waals surface area contributed by atoms with Gasteiger partial charge in [0.2, 0.25) is 5.91 Å². The van der Waals surface area contributed by atoms with Gasteiger partial charge in [-0.05, 0) is 49.4 Å². The zero-order valence-electron chi connectivity index (χ0n) is 16.8. The molecule has 1 heterocycles. The van der Waals surface area contributed by atoms with E-state index >= 15 is 0 Å². The zero-order chi connectivity index (χ0) is 20.2. The predicted molar refractivity (Wildman–Crippen MR) is 114 cm³/mol. The molecule has 1 N–H and O–H groups in total. The van der Waals surface area contributed by atoms with Gasteiger partial charge in [-0.3, -0.25) is 4.79 Å². The minimum Gasteiger partial charge on any atom is -0.462 e. The van der Waals surface area contributed by atoms with E-state index < -0.39 is 0 Å². The summed E-state index contributed by atoms with van der Waals surface area (Å²) in [6, 6.07) is 8.29. The summed E-state index contributed by atoms with van der Waals surface area (Å²) in [5.41, 5.74) is 2.70. The fourth-order valence-corrected chi connectivity index (χ4v) is 4.29. The van der Waals surface area contributed by atoms with Crippen molar-refractivity contribution < 1.29 is 14.3 Å². The Labute approximate surface area is 169 Å². The molecule has 0 atom stereocenters. The number of aryl methyl sites for hydroxylation is 1. The van der Waals surface area contributed by atoms with Crippen LogP contribution in [0.25, 0.3) is 0 Å². The lowest BCUT2D eigenvalue weighted by atomic mass is 9.87. The minimum atomic E-state index is -0.389. The molecule has 0 saturated heterocycles. The molecule has 4 nitrogen and oxygen atoms in total.